The summed E-state index contributed by atoms with van der Waals surface area (Å²) in [6.45, 7) is 0.846. The maximum absolute atomic E-state index is 13.1. The Balaban J connectivity index is 1.57. The molecule has 0 aromatic heterocycles. The van der Waals surface area contributed by atoms with Crippen molar-refractivity contribution < 1.29 is 13.2 Å². The van der Waals surface area contributed by atoms with Gasteiger partial charge < -0.3 is 5.73 Å². The molecule has 2 aromatic rings. The molecule has 1 fully saturated rings. The van der Waals surface area contributed by atoms with Crippen molar-refractivity contribution in [1.82, 2.24) is 14.0 Å². The molecule has 0 aliphatic carbocycles. The topological polar surface area (TPSA) is 120 Å². The third-order valence-corrected chi connectivity index (χ3v) is 7.87. The second-order valence-electron chi connectivity index (χ2n) is 8.27. The molecule has 0 saturated carbocycles. The van der Waals surface area contributed by atoms with E-state index >= 15 is 0 Å². The van der Waals surface area contributed by atoms with Crippen LogP contribution in [0.4, 0.5) is 0 Å². The molecule has 34 heavy (non-hydrogen) atoms. The van der Waals surface area contributed by atoms with Crippen LogP contribution in [-0.4, -0.2) is 62.0 Å². The van der Waals surface area contributed by atoms with Crippen molar-refractivity contribution in [1.29, 1.82) is 0 Å². The zero-order valence-corrected chi connectivity index (χ0v) is 20.3. The van der Waals surface area contributed by atoms with E-state index in [0.717, 1.165) is 16.8 Å². The lowest BCUT2D eigenvalue weighted by Gasteiger charge is -2.30. The van der Waals surface area contributed by atoms with Gasteiger partial charge in [0.05, 0.1) is 12.3 Å². The Bertz CT molecular complexity index is 1190. The number of hydrogen-bond donors (Lipinski definition) is 2. The molecule has 0 radical (unpaired) electrons. The molecule has 3 N–H and O–H groups in total. The van der Waals surface area contributed by atoms with E-state index in [1.54, 1.807) is 17.1 Å². The number of hydrogen-bond acceptors (Lipinski definition) is 5. The summed E-state index contributed by atoms with van der Waals surface area (Å²) in [7, 11) is -2.36. The van der Waals surface area contributed by atoms with E-state index in [1.165, 1.54) is 11.4 Å². The van der Waals surface area contributed by atoms with Crippen molar-refractivity contribution in [3.05, 3.63) is 70.7 Å². The first-order valence-corrected chi connectivity index (χ1v) is 12.8. The summed E-state index contributed by atoms with van der Waals surface area (Å²) in [5.74, 6) is -0.659. The number of guanidine groups is 1. The minimum Gasteiger partial charge on any atom is -0.369 e. The molecule has 4 rings (SSSR count). The number of primary amides is 1. The van der Waals surface area contributed by atoms with Gasteiger partial charge >= 0.3 is 10.2 Å². The highest BCUT2D eigenvalue weighted by atomic mass is 35.5. The van der Waals surface area contributed by atoms with Crippen LogP contribution in [-0.2, 0) is 15.0 Å². The summed E-state index contributed by atoms with van der Waals surface area (Å²) < 4.78 is 30.0. The Labute approximate surface area is 204 Å². The molecule has 2 heterocycles. The largest absolute Gasteiger partial charge is 0.369 e. The van der Waals surface area contributed by atoms with E-state index in [2.05, 4.69) is 9.71 Å². The van der Waals surface area contributed by atoms with Gasteiger partial charge in [-0.25, -0.2) is 9.73 Å². The number of amides is 1. The number of benzene rings is 2. The zero-order valence-electron chi connectivity index (χ0n) is 18.8. The van der Waals surface area contributed by atoms with Crippen LogP contribution < -0.4 is 10.5 Å². The normalized spacial score (nSPS) is 20.3. The van der Waals surface area contributed by atoms with Crippen LogP contribution in [0.5, 0.6) is 0 Å². The third kappa shape index (κ3) is 5.24. The maximum atomic E-state index is 13.1. The minimum atomic E-state index is -3.88. The van der Waals surface area contributed by atoms with Crippen molar-refractivity contribution in [3.8, 4) is 0 Å². The molecule has 9 nitrogen and oxygen atoms in total. The summed E-state index contributed by atoms with van der Waals surface area (Å²) in [5.41, 5.74) is 8.12. The molecular weight excluding hydrogens is 476 g/mol. The highest BCUT2D eigenvalue weighted by Gasteiger charge is 2.35. The number of halogens is 1. The van der Waals surface area contributed by atoms with E-state index in [9.17, 15) is 13.2 Å². The van der Waals surface area contributed by atoms with E-state index < -0.39 is 16.1 Å². The van der Waals surface area contributed by atoms with Crippen molar-refractivity contribution in [2.45, 2.75) is 18.8 Å². The fourth-order valence-electron chi connectivity index (χ4n) is 4.24. The fraction of sp³-hybridized carbons (Fsp3) is 0.348. The molecule has 11 heteroatoms. The van der Waals surface area contributed by atoms with Crippen LogP contribution in [0.2, 0.25) is 5.02 Å². The monoisotopic (exact) mass is 502 g/mol. The van der Waals surface area contributed by atoms with E-state index in [4.69, 9.17) is 22.4 Å². The van der Waals surface area contributed by atoms with Gasteiger partial charge in [-0.2, -0.15) is 17.8 Å². The Hall–Kier alpha value is -2.95. The summed E-state index contributed by atoms with van der Waals surface area (Å²) >= 11 is 6.07. The Morgan fingerprint density at radius 1 is 1.12 bits per heavy atom. The van der Waals surface area contributed by atoms with Crippen LogP contribution in [0.15, 0.2) is 64.7 Å². The summed E-state index contributed by atoms with van der Waals surface area (Å²) in [5, 5.41) is 6.95. The van der Waals surface area contributed by atoms with Crippen molar-refractivity contribution in [2.24, 2.45) is 21.7 Å². The van der Waals surface area contributed by atoms with E-state index in [1.807, 2.05) is 42.5 Å². The smallest absolute Gasteiger partial charge is 0.303 e. The standard InChI is InChI=1S/C23H27ClN6O3S/c1-26-23(28-34(32,33)29-13-11-18(12-14-29)22(25)31)30-15-20(16-5-3-2-4-6-16)21(27-30)17-7-9-19(24)10-8-17/h2-10,18,20H,11-15H2,1H3,(H2,25,31)(H,26,28). The van der Waals surface area contributed by atoms with Crippen LogP contribution in [0, 0.1) is 5.92 Å². The molecule has 1 atom stereocenters. The lowest BCUT2D eigenvalue weighted by Crippen LogP contribution is -2.51. The average molecular weight is 503 g/mol. The molecule has 180 valence electrons. The van der Waals surface area contributed by atoms with E-state index in [0.29, 0.717) is 24.4 Å². The fourth-order valence-corrected chi connectivity index (χ4v) is 5.61. The molecule has 2 aromatic carbocycles. The highest BCUT2D eigenvalue weighted by molar-refractivity contribution is 7.87. The Morgan fingerprint density at radius 2 is 1.76 bits per heavy atom. The molecule has 1 unspecified atom stereocenters. The highest BCUT2D eigenvalue weighted by Crippen LogP contribution is 2.29. The SMILES string of the molecule is CN=C(NS(=O)(=O)N1CCC(C(N)=O)CC1)N1CC(c2ccccc2)C(c2ccc(Cl)cc2)=N1. The lowest BCUT2D eigenvalue weighted by molar-refractivity contribution is -0.122. The first-order valence-electron chi connectivity index (χ1n) is 11.0. The van der Waals surface area contributed by atoms with Gasteiger partial charge in [-0.1, -0.05) is 54.1 Å². The quantitative estimate of drug-likeness (QED) is 0.480. The molecule has 1 amide bonds. The van der Waals surface area contributed by atoms with Gasteiger partial charge in [0.1, 0.15) is 0 Å². The van der Waals surface area contributed by atoms with Crippen molar-refractivity contribution in [3.63, 3.8) is 0 Å². The summed E-state index contributed by atoms with van der Waals surface area (Å²) in [4.78, 5) is 15.6. The number of nitrogens with two attached hydrogens (primary N) is 1. The van der Waals surface area contributed by atoms with Crippen molar-refractivity contribution >= 4 is 39.4 Å². The van der Waals surface area contributed by atoms with Crippen molar-refractivity contribution in [2.75, 3.05) is 26.7 Å². The van der Waals surface area contributed by atoms with Gasteiger partial charge in [0, 0.05) is 37.0 Å². The van der Waals surface area contributed by atoms with Gasteiger partial charge in [0.15, 0.2) is 0 Å². The van der Waals surface area contributed by atoms with Crippen LogP contribution in [0.25, 0.3) is 0 Å². The molecule has 1 saturated heterocycles. The van der Waals surface area contributed by atoms with Crippen LogP contribution >= 0.6 is 11.6 Å². The van der Waals surface area contributed by atoms with Gasteiger partial charge in [0.25, 0.3) is 0 Å². The minimum absolute atomic E-state index is 0.0880. The van der Waals surface area contributed by atoms with Gasteiger partial charge in [0.2, 0.25) is 11.9 Å². The second-order valence-corrected chi connectivity index (χ2v) is 10.4. The number of aliphatic imine (C=N–C) groups is 1. The summed E-state index contributed by atoms with van der Waals surface area (Å²) in [6.07, 6.45) is 0.793. The second kappa shape index (κ2) is 10.1. The van der Waals surface area contributed by atoms with Gasteiger partial charge in [-0.15, -0.1) is 0 Å². The number of nitrogens with zero attached hydrogens (tertiary/aromatic N) is 4. The number of hydrazone groups is 1. The molecular formula is C23H27ClN6O3S. The maximum Gasteiger partial charge on any atom is 0.303 e. The molecule has 0 bridgehead atoms. The lowest BCUT2D eigenvalue weighted by atomic mass is 9.91. The van der Waals surface area contributed by atoms with E-state index in [-0.39, 0.29) is 30.9 Å². The van der Waals surface area contributed by atoms with Crippen LogP contribution in [0.1, 0.15) is 29.9 Å². The number of carbonyl (C=O) groups is 1. The number of rotatable bonds is 5. The predicted molar refractivity (Wildman–Crippen MR) is 133 cm³/mol. The molecule has 0 spiro atoms. The molecule has 2 aliphatic rings. The third-order valence-electron chi connectivity index (χ3n) is 6.13. The number of carbonyl (C=O) groups excluding carboxylic acids is 1. The average Bonchev–Trinajstić information content (AvgIpc) is 3.29. The molecule has 2 aliphatic heterocycles. The number of nitrogens with one attached hydrogen (secondary N) is 1. The first kappa shape index (κ1) is 24.2. The Kier molecular flexibility index (Phi) is 7.20. The Morgan fingerprint density at radius 3 is 2.35 bits per heavy atom. The van der Waals surface area contributed by atoms with Gasteiger partial charge in [-0.3, -0.25) is 9.79 Å². The summed E-state index contributed by atoms with van der Waals surface area (Å²) in [6, 6.07) is 17.3. The predicted octanol–water partition coefficient (Wildman–Crippen LogP) is 2.16. The zero-order chi connectivity index (χ0) is 24.3. The van der Waals surface area contributed by atoms with Gasteiger partial charge in [-0.05, 0) is 36.1 Å². The van der Waals surface area contributed by atoms with Crippen LogP contribution in [0.3, 0.4) is 0 Å². The number of piperidine rings is 1. The first-order chi connectivity index (χ1) is 16.3.